The lowest BCUT2D eigenvalue weighted by molar-refractivity contribution is 0.0744. The summed E-state index contributed by atoms with van der Waals surface area (Å²) in [6.07, 6.45) is 0. The van der Waals surface area contributed by atoms with Crippen LogP contribution in [0, 0.1) is 0 Å². The smallest absolute Gasteiger partial charge is 0.0623 e. The van der Waals surface area contributed by atoms with Crippen LogP contribution in [0.25, 0.3) is 0 Å². The predicted molar refractivity (Wildman–Crippen MR) is 72.3 cm³/mol. The highest BCUT2D eigenvalue weighted by molar-refractivity contribution is 4.88. The molecule has 0 saturated carbocycles. The Morgan fingerprint density at radius 3 is 2.24 bits per heavy atom. The summed E-state index contributed by atoms with van der Waals surface area (Å²) in [5.74, 6) is 0. The van der Waals surface area contributed by atoms with E-state index >= 15 is 0 Å². The fraction of sp³-hybridized carbons (Fsp3) is 1.00. The maximum absolute atomic E-state index is 9.57. The first-order valence-electron chi connectivity index (χ1n) is 6.46. The maximum Gasteiger partial charge on any atom is 0.0623 e. The average Bonchev–Trinajstić information content (AvgIpc) is 2.22. The van der Waals surface area contributed by atoms with Gasteiger partial charge in [-0.2, -0.15) is 0 Å². The highest BCUT2D eigenvalue weighted by Gasteiger charge is 2.27. The van der Waals surface area contributed by atoms with Crippen LogP contribution < -0.4 is 5.32 Å². The van der Waals surface area contributed by atoms with E-state index in [0.717, 1.165) is 19.7 Å². The Balaban J connectivity index is 4.46. The third-order valence-electron chi connectivity index (χ3n) is 2.85. The first-order valence-corrected chi connectivity index (χ1v) is 6.46. The third kappa shape index (κ3) is 6.99. The van der Waals surface area contributed by atoms with Crippen LogP contribution >= 0.6 is 0 Å². The molecule has 0 bridgehead atoms. The van der Waals surface area contributed by atoms with E-state index in [0.29, 0.717) is 12.1 Å². The lowest BCUT2D eigenvalue weighted by Gasteiger charge is -2.38. The molecule has 0 aromatic carbocycles. The van der Waals surface area contributed by atoms with Gasteiger partial charge in [-0.05, 0) is 20.8 Å². The van der Waals surface area contributed by atoms with Crippen LogP contribution in [0.15, 0.2) is 0 Å². The van der Waals surface area contributed by atoms with Crippen LogP contribution in [-0.2, 0) is 4.74 Å². The average molecular weight is 246 g/mol. The molecule has 0 amide bonds. The van der Waals surface area contributed by atoms with E-state index in [-0.39, 0.29) is 12.1 Å². The molecule has 0 aliphatic rings. The highest BCUT2D eigenvalue weighted by atomic mass is 16.5. The zero-order valence-corrected chi connectivity index (χ0v) is 12.3. The van der Waals surface area contributed by atoms with Gasteiger partial charge < -0.3 is 15.2 Å². The number of aliphatic hydroxyl groups excluding tert-OH is 1. The van der Waals surface area contributed by atoms with Gasteiger partial charge in [0.1, 0.15) is 0 Å². The van der Waals surface area contributed by atoms with Crippen LogP contribution in [0.3, 0.4) is 0 Å². The van der Waals surface area contributed by atoms with Crippen molar-refractivity contribution in [1.82, 2.24) is 10.2 Å². The van der Waals surface area contributed by atoms with Crippen molar-refractivity contribution in [1.29, 1.82) is 0 Å². The van der Waals surface area contributed by atoms with Crippen LogP contribution in [0.1, 0.15) is 34.6 Å². The quantitative estimate of drug-likeness (QED) is 0.639. The molecule has 17 heavy (non-hydrogen) atoms. The Labute approximate surface area is 106 Å². The Kier molecular flexibility index (Phi) is 7.96. The summed E-state index contributed by atoms with van der Waals surface area (Å²) in [6, 6.07) is 0.813. The van der Waals surface area contributed by atoms with Gasteiger partial charge in [-0.1, -0.05) is 13.8 Å². The molecule has 4 heteroatoms. The number of nitrogens with one attached hydrogen (secondary N) is 1. The minimum absolute atomic E-state index is 0.140. The molecule has 0 spiro atoms. The Hall–Kier alpha value is -0.160. The molecule has 2 N–H and O–H groups in total. The molecule has 1 unspecified atom stereocenters. The fourth-order valence-corrected chi connectivity index (χ4v) is 2.01. The molecule has 0 aliphatic carbocycles. The largest absolute Gasteiger partial charge is 0.394 e. The third-order valence-corrected chi connectivity index (χ3v) is 2.85. The highest BCUT2D eigenvalue weighted by Crippen LogP contribution is 2.10. The molecule has 0 fully saturated rings. The van der Waals surface area contributed by atoms with Gasteiger partial charge in [-0.15, -0.1) is 0 Å². The van der Waals surface area contributed by atoms with Gasteiger partial charge in [0, 0.05) is 32.3 Å². The SMILES string of the molecule is COCCN(CC(C)(CO)NC(C)C)C(C)C. The lowest BCUT2D eigenvalue weighted by atomic mass is 10.0. The maximum atomic E-state index is 9.57. The van der Waals surface area contributed by atoms with Gasteiger partial charge in [0.25, 0.3) is 0 Å². The predicted octanol–water partition coefficient (Wildman–Crippen LogP) is 1.09. The van der Waals surface area contributed by atoms with Crippen LogP contribution in [0.2, 0.25) is 0 Å². The lowest BCUT2D eigenvalue weighted by Crippen LogP contribution is -2.57. The van der Waals surface area contributed by atoms with Gasteiger partial charge in [-0.3, -0.25) is 4.90 Å². The minimum Gasteiger partial charge on any atom is -0.394 e. The molecule has 0 aliphatic heterocycles. The Morgan fingerprint density at radius 2 is 1.88 bits per heavy atom. The van der Waals surface area contributed by atoms with Crippen molar-refractivity contribution in [3.63, 3.8) is 0 Å². The molecule has 0 radical (unpaired) electrons. The van der Waals surface area contributed by atoms with Gasteiger partial charge >= 0.3 is 0 Å². The topological polar surface area (TPSA) is 44.7 Å². The Bertz CT molecular complexity index is 198. The number of ether oxygens (including phenoxy) is 1. The molecule has 0 heterocycles. The van der Waals surface area contributed by atoms with E-state index < -0.39 is 0 Å². The number of rotatable bonds is 9. The van der Waals surface area contributed by atoms with E-state index in [2.05, 4.69) is 44.8 Å². The van der Waals surface area contributed by atoms with Crippen LogP contribution in [0.5, 0.6) is 0 Å². The minimum atomic E-state index is -0.258. The standard InChI is InChI=1S/C13H30N2O2/c1-11(2)14-13(5,10-16)9-15(12(3)4)7-8-17-6/h11-12,14,16H,7-10H2,1-6H3. The molecule has 104 valence electrons. The molecule has 0 aromatic rings. The van der Waals surface area contributed by atoms with Gasteiger partial charge in [0.05, 0.1) is 18.8 Å². The van der Waals surface area contributed by atoms with E-state index in [1.54, 1.807) is 7.11 Å². The second kappa shape index (κ2) is 8.03. The summed E-state index contributed by atoms with van der Waals surface area (Å²) in [5, 5.41) is 13.0. The summed E-state index contributed by atoms with van der Waals surface area (Å²) in [7, 11) is 1.72. The van der Waals surface area contributed by atoms with Crippen molar-refractivity contribution < 1.29 is 9.84 Å². The zero-order valence-electron chi connectivity index (χ0n) is 12.3. The molecule has 4 nitrogen and oxygen atoms in total. The molecule has 1 atom stereocenters. The van der Waals surface area contributed by atoms with E-state index in [9.17, 15) is 5.11 Å². The zero-order chi connectivity index (χ0) is 13.5. The second-order valence-electron chi connectivity index (χ2n) is 5.57. The summed E-state index contributed by atoms with van der Waals surface area (Å²) < 4.78 is 5.13. The number of hydrogen-bond acceptors (Lipinski definition) is 4. The molecular weight excluding hydrogens is 216 g/mol. The number of methoxy groups -OCH3 is 1. The summed E-state index contributed by atoms with van der Waals surface area (Å²) >= 11 is 0. The first kappa shape index (κ1) is 16.8. The van der Waals surface area contributed by atoms with Crippen molar-refractivity contribution >= 4 is 0 Å². The monoisotopic (exact) mass is 246 g/mol. The number of hydrogen-bond donors (Lipinski definition) is 2. The van der Waals surface area contributed by atoms with Crippen LogP contribution in [0.4, 0.5) is 0 Å². The van der Waals surface area contributed by atoms with E-state index in [4.69, 9.17) is 4.74 Å². The molecule has 0 rings (SSSR count). The second-order valence-corrected chi connectivity index (χ2v) is 5.57. The van der Waals surface area contributed by atoms with Crippen molar-refractivity contribution in [2.24, 2.45) is 0 Å². The molecule has 0 aromatic heterocycles. The number of nitrogens with zero attached hydrogens (tertiary/aromatic N) is 1. The van der Waals surface area contributed by atoms with Gasteiger partial charge in [0.2, 0.25) is 0 Å². The molecular formula is C13H30N2O2. The fourth-order valence-electron chi connectivity index (χ4n) is 2.01. The molecule has 0 saturated heterocycles. The van der Waals surface area contributed by atoms with Crippen molar-refractivity contribution in [2.45, 2.75) is 52.2 Å². The van der Waals surface area contributed by atoms with Gasteiger partial charge in [-0.25, -0.2) is 0 Å². The van der Waals surface area contributed by atoms with E-state index in [1.165, 1.54) is 0 Å². The summed E-state index contributed by atoms with van der Waals surface area (Å²) in [4.78, 5) is 2.33. The van der Waals surface area contributed by atoms with Crippen molar-refractivity contribution in [3.8, 4) is 0 Å². The first-order chi connectivity index (χ1) is 7.84. The van der Waals surface area contributed by atoms with E-state index in [1.807, 2.05) is 0 Å². The summed E-state index contributed by atoms with van der Waals surface area (Å²) in [5.41, 5.74) is -0.258. The van der Waals surface area contributed by atoms with Crippen molar-refractivity contribution in [3.05, 3.63) is 0 Å². The summed E-state index contributed by atoms with van der Waals surface area (Å²) in [6.45, 7) is 13.2. The normalized spacial score (nSPS) is 15.9. The van der Waals surface area contributed by atoms with Gasteiger partial charge in [0.15, 0.2) is 0 Å². The Morgan fingerprint density at radius 1 is 1.29 bits per heavy atom. The van der Waals surface area contributed by atoms with Crippen LogP contribution in [-0.4, -0.2) is 61.0 Å². The van der Waals surface area contributed by atoms with Crippen molar-refractivity contribution in [2.75, 3.05) is 33.4 Å². The number of aliphatic hydroxyl groups is 1.